The zero-order valence-electron chi connectivity index (χ0n) is 10.7. The van der Waals surface area contributed by atoms with Crippen LogP contribution in [0.25, 0.3) is 11.2 Å². The number of nitrogens with one attached hydrogen (secondary N) is 3. The average Bonchev–Trinajstić information content (AvgIpc) is 2.78. The van der Waals surface area contributed by atoms with Gasteiger partial charge in [0.1, 0.15) is 11.3 Å². The Hall–Kier alpha value is -1.89. The summed E-state index contributed by atoms with van der Waals surface area (Å²) in [5.74, 6) is 1.26. The van der Waals surface area contributed by atoms with E-state index < -0.39 is 16.8 Å². The van der Waals surface area contributed by atoms with Crippen molar-refractivity contribution in [1.29, 1.82) is 0 Å². The molecule has 0 saturated heterocycles. The SMILES string of the molecule is CC1CCC(N)(c2nc3[nH]c(=O)[nH]c(=O)c3[nH]2)CC1. The Labute approximate surface area is 108 Å². The number of fused-ring (bicyclic) bond motifs is 1. The predicted molar refractivity (Wildman–Crippen MR) is 70.8 cm³/mol. The molecule has 2 aromatic rings. The molecule has 102 valence electrons. The summed E-state index contributed by atoms with van der Waals surface area (Å²) in [6.45, 7) is 2.21. The van der Waals surface area contributed by atoms with E-state index in [4.69, 9.17) is 5.73 Å². The lowest BCUT2D eigenvalue weighted by Gasteiger charge is -2.34. The van der Waals surface area contributed by atoms with E-state index in [0.717, 1.165) is 25.7 Å². The maximum absolute atomic E-state index is 11.7. The fourth-order valence-corrected chi connectivity index (χ4v) is 2.68. The third-order valence-corrected chi connectivity index (χ3v) is 4.03. The van der Waals surface area contributed by atoms with Crippen LogP contribution in [0.2, 0.25) is 0 Å². The quantitative estimate of drug-likeness (QED) is 0.591. The van der Waals surface area contributed by atoms with E-state index in [1.54, 1.807) is 0 Å². The summed E-state index contributed by atoms with van der Waals surface area (Å²) >= 11 is 0. The molecule has 7 heteroatoms. The van der Waals surface area contributed by atoms with Crippen molar-refractivity contribution in [2.45, 2.75) is 38.1 Å². The summed E-state index contributed by atoms with van der Waals surface area (Å²) in [6, 6.07) is 0. The van der Waals surface area contributed by atoms with Crippen LogP contribution in [0.15, 0.2) is 9.59 Å². The van der Waals surface area contributed by atoms with Crippen molar-refractivity contribution in [2.24, 2.45) is 11.7 Å². The van der Waals surface area contributed by atoms with Gasteiger partial charge in [-0.05, 0) is 31.6 Å². The minimum Gasteiger partial charge on any atom is -0.335 e. The molecule has 1 saturated carbocycles. The minimum atomic E-state index is -0.557. The first-order valence-corrected chi connectivity index (χ1v) is 6.50. The Kier molecular flexibility index (Phi) is 2.60. The standard InChI is InChI=1S/C12H17N5O2/c1-6-2-4-12(13,5-3-6)10-14-7-8(15-10)16-11(19)17-9(7)18/h6H,2-5,13H2,1H3,(H3,14,15,16,17,18,19). The summed E-state index contributed by atoms with van der Waals surface area (Å²) in [5, 5.41) is 0. The predicted octanol–water partition coefficient (Wildman–Crippen LogP) is 0.304. The highest BCUT2D eigenvalue weighted by Gasteiger charge is 2.35. The van der Waals surface area contributed by atoms with Crippen LogP contribution in [0.5, 0.6) is 0 Å². The molecule has 7 nitrogen and oxygen atoms in total. The lowest BCUT2D eigenvalue weighted by Crippen LogP contribution is -2.41. The van der Waals surface area contributed by atoms with Gasteiger partial charge in [0.25, 0.3) is 5.56 Å². The molecular formula is C12H17N5O2. The van der Waals surface area contributed by atoms with Gasteiger partial charge in [-0.15, -0.1) is 0 Å². The monoisotopic (exact) mass is 263 g/mol. The zero-order chi connectivity index (χ0) is 13.6. The Balaban J connectivity index is 2.09. The second-order valence-electron chi connectivity index (χ2n) is 5.56. The average molecular weight is 263 g/mol. The van der Waals surface area contributed by atoms with Crippen molar-refractivity contribution in [2.75, 3.05) is 0 Å². The molecule has 1 fully saturated rings. The summed E-state index contributed by atoms with van der Waals surface area (Å²) in [5.41, 5.74) is 5.39. The molecule has 2 aromatic heterocycles. The molecule has 0 aromatic carbocycles. The van der Waals surface area contributed by atoms with Gasteiger partial charge in [0.15, 0.2) is 5.65 Å². The maximum Gasteiger partial charge on any atom is 0.327 e. The van der Waals surface area contributed by atoms with E-state index >= 15 is 0 Å². The number of hydrogen-bond donors (Lipinski definition) is 4. The molecular weight excluding hydrogens is 246 g/mol. The first-order chi connectivity index (χ1) is 8.98. The molecule has 3 rings (SSSR count). The smallest absolute Gasteiger partial charge is 0.327 e. The van der Waals surface area contributed by atoms with E-state index in [2.05, 4.69) is 26.9 Å². The van der Waals surface area contributed by atoms with Crippen LogP contribution >= 0.6 is 0 Å². The Morgan fingerprint density at radius 2 is 1.89 bits per heavy atom. The molecule has 0 bridgehead atoms. The number of H-pyrrole nitrogens is 3. The molecule has 5 N–H and O–H groups in total. The van der Waals surface area contributed by atoms with Crippen LogP contribution in [0, 0.1) is 5.92 Å². The lowest BCUT2D eigenvalue weighted by molar-refractivity contribution is 0.238. The molecule has 19 heavy (non-hydrogen) atoms. The van der Waals surface area contributed by atoms with Crippen molar-refractivity contribution in [3.63, 3.8) is 0 Å². The highest BCUT2D eigenvalue weighted by molar-refractivity contribution is 5.68. The van der Waals surface area contributed by atoms with Gasteiger partial charge in [0, 0.05) is 0 Å². The summed E-state index contributed by atoms with van der Waals surface area (Å²) in [6.07, 6.45) is 3.74. The molecule has 1 aliphatic rings. The molecule has 0 aliphatic heterocycles. The lowest BCUT2D eigenvalue weighted by atomic mass is 9.77. The van der Waals surface area contributed by atoms with E-state index in [0.29, 0.717) is 11.7 Å². The Morgan fingerprint density at radius 3 is 2.58 bits per heavy atom. The number of nitrogens with zero attached hydrogens (tertiary/aromatic N) is 1. The number of hydrogen-bond acceptors (Lipinski definition) is 4. The summed E-state index contributed by atoms with van der Waals surface area (Å²) in [7, 11) is 0. The van der Waals surface area contributed by atoms with Gasteiger partial charge in [-0.1, -0.05) is 6.92 Å². The molecule has 0 unspecified atom stereocenters. The normalized spacial score (nSPS) is 27.8. The highest BCUT2D eigenvalue weighted by Crippen LogP contribution is 2.36. The van der Waals surface area contributed by atoms with Gasteiger partial charge in [-0.2, -0.15) is 0 Å². The minimum absolute atomic E-state index is 0.271. The number of imidazole rings is 1. The first kappa shape index (κ1) is 12.2. The third-order valence-electron chi connectivity index (χ3n) is 4.03. The molecule has 0 amide bonds. The number of nitrogens with two attached hydrogens (primary N) is 1. The van der Waals surface area contributed by atoms with E-state index in [1.807, 2.05) is 0 Å². The van der Waals surface area contributed by atoms with E-state index in [1.165, 1.54) is 0 Å². The topological polar surface area (TPSA) is 120 Å². The van der Waals surface area contributed by atoms with Crippen LogP contribution in [-0.2, 0) is 5.54 Å². The second-order valence-corrected chi connectivity index (χ2v) is 5.56. The zero-order valence-corrected chi connectivity index (χ0v) is 10.7. The van der Waals surface area contributed by atoms with Gasteiger partial charge in [-0.3, -0.25) is 14.8 Å². The summed E-state index contributed by atoms with van der Waals surface area (Å²) in [4.78, 5) is 34.8. The van der Waals surface area contributed by atoms with Crippen molar-refractivity contribution < 1.29 is 0 Å². The van der Waals surface area contributed by atoms with Crippen LogP contribution in [0.3, 0.4) is 0 Å². The third kappa shape index (κ3) is 1.99. The number of rotatable bonds is 1. The van der Waals surface area contributed by atoms with Crippen molar-refractivity contribution in [1.82, 2.24) is 19.9 Å². The Bertz CT molecular complexity index is 718. The van der Waals surface area contributed by atoms with Crippen LogP contribution in [-0.4, -0.2) is 19.9 Å². The van der Waals surface area contributed by atoms with Crippen LogP contribution in [0.4, 0.5) is 0 Å². The van der Waals surface area contributed by atoms with Crippen molar-refractivity contribution in [3.05, 3.63) is 26.7 Å². The Morgan fingerprint density at radius 1 is 1.21 bits per heavy atom. The van der Waals surface area contributed by atoms with Gasteiger partial charge in [-0.25, -0.2) is 9.78 Å². The van der Waals surface area contributed by atoms with Crippen LogP contribution in [0.1, 0.15) is 38.4 Å². The fourth-order valence-electron chi connectivity index (χ4n) is 2.68. The number of aromatic nitrogens is 4. The molecule has 0 spiro atoms. The van der Waals surface area contributed by atoms with Gasteiger partial charge in [0.2, 0.25) is 0 Å². The number of aromatic amines is 3. The van der Waals surface area contributed by atoms with E-state index in [-0.39, 0.29) is 11.2 Å². The van der Waals surface area contributed by atoms with Crippen LogP contribution < -0.4 is 17.0 Å². The fraction of sp³-hybridized carbons (Fsp3) is 0.583. The molecule has 0 radical (unpaired) electrons. The van der Waals surface area contributed by atoms with Gasteiger partial charge < -0.3 is 10.7 Å². The highest BCUT2D eigenvalue weighted by atomic mass is 16.2. The molecule has 0 atom stereocenters. The first-order valence-electron chi connectivity index (χ1n) is 6.50. The second kappa shape index (κ2) is 4.06. The molecule has 2 heterocycles. The van der Waals surface area contributed by atoms with Gasteiger partial charge in [0.05, 0.1) is 5.54 Å². The van der Waals surface area contributed by atoms with E-state index in [9.17, 15) is 9.59 Å². The maximum atomic E-state index is 11.7. The largest absolute Gasteiger partial charge is 0.335 e. The van der Waals surface area contributed by atoms with Crippen molar-refractivity contribution >= 4 is 11.2 Å². The molecule has 1 aliphatic carbocycles. The summed E-state index contributed by atoms with van der Waals surface area (Å²) < 4.78 is 0. The van der Waals surface area contributed by atoms with Crippen molar-refractivity contribution in [3.8, 4) is 0 Å². The van der Waals surface area contributed by atoms with Gasteiger partial charge >= 0.3 is 5.69 Å².